The highest BCUT2D eigenvalue weighted by Gasteiger charge is 2.54. The van der Waals surface area contributed by atoms with Gasteiger partial charge in [0, 0.05) is 0 Å². The SMILES string of the molecule is COc1ccc2c(c1)CCC[C@@]21NC(=O)N(C[C@@H](O)COc2c(C)ccc(C)c2C)C1=O. The van der Waals surface area contributed by atoms with Gasteiger partial charge < -0.3 is 19.9 Å². The Kier molecular flexibility index (Phi) is 5.86. The monoisotopic (exact) mass is 438 g/mol. The standard InChI is InChI=1S/C25H30N2O5/c1-15-7-8-16(2)22(17(15)3)32-14-19(28)13-27-23(29)25(26-24(27)30)11-5-6-18-12-20(31-4)9-10-21(18)25/h7-10,12,19,28H,5-6,11,13-14H2,1-4H3,(H,26,30)/t19-,25-/m1/s1. The van der Waals surface area contributed by atoms with Gasteiger partial charge in [0.15, 0.2) is 0 Å². The second-order valence-corrected chi connectivity index (χ2v) is 8.75. The third-order valence-corrected chi connectivity index (χ3v) is 6.63. The number of amides is 3. The average Bonchev–Trinajstić information content (AvgIpc) is 3.00. The molecule has 0 radical (unpaired) electrons. The number of hydrogen-bond acceptors (Lipinski definition) is 5. The zero-order valence-electron chi connectivity index (χ0n) is 19.0. The number of urea groups is 1. The van der Waals surface area contributed by atoms with Crippen molar-refractivity contribution < 1.29 is 24.2 Å². The Morgan fingerprint density at radius 1 is 1.16 bits per heavy atom. The number of carbonyl (C=O) groups is 2. The van der Waals surface area contributed by atoms with Gasteiger partial charge in [-0.1, -0.05) is 18.2 Å². The van der Waals surface area contributed by atoms with Gasteiger partial charge in [0.05, 0.1) is 13.7 Å². The summed E-state index contributed by atoms with van der Waals surface area (Å²) in [6.07, 6.45) is 1.13. The lowest BCUT2D eigenvalue weighted by Gasteiger charge is -2.33. The first-order valence-corrected chi connectivity index (χ1v) is 11.0. The molecule has 0 unspecified atom stereocenters. The van der Waals surface area contributed by atoms with Crippen LogP contribution < -0.4 is 14.8 Å². The number of methoxy groups -OCH3 is 1. The Hall–Kier alpha value is -3.06. The molecule has 0 saturated carbocycles. The van der Waals surface area contributed by atoms with Crippen LogP contribution in [0.5, 0.6) is 11.5 Å². The maximum Gasteiger partial charge on any atom is 0.325 e. The number of β-amino-alcohol motifs (C(OH)–C–C–N with tert-alkyl or cyclic N) is 1. The van der Waals surface area contributed by atoms with Crippen LogP contribution in [0.15, 0.2) is 30.3 Å². The van der Waals surface area contributed by atoms with Crippen molar-refractivity contribution in [2.45, 2.75) is 51.7 Å². The van der Waals surface area contributed by atoms with Crippen molar-refractivity contribution in [2.75, 3.05) is 20.3 Å². The second kappa shape index (κ2) is 8.47. The van der Waals surface area contributed by atoms with Crippen molar-refractivity contribution in [3.8, 4) is 11.5 Å². The van der Waals surface area contributed by atoms with Gasteiger partial charge in [-0.25, -0.2) is 4.79 Å². The van der Waals surface area contributed by atoms with Gasteiger partial charge in [-0.2, -0.15) is 0 Å². The van der Waals surface area contributed by atoms with Gasteiger partial charge in [0.2, 0.25) is 0 Å². The second-order valence-electron chi connectivity index (χ2n) is 8.75. The van der Waals surface area contributed by atoms with Crippen molar-refractivity contribution in [2.24, 2.45) is 0 Å². The predicted octanol–water partition coefficient (Wildman–Crippen LogP) is 3.14. The van der Waals surface area contributed by atoms with Crippen molar-refractivity contribution in [3.05, 3.63) is 58.1 Å². The van der Waals surface area contributed by atoms with Crippen LogP contribution in [0, 0.1) is 20.8 Å². The number of ether oxygens (including phenoxy) is 2. The van der Waals surface area contributed by atoms with E-state index in [4.69, 9.17) is 9.47 Å². The molecule has 3 amide bonds. The number of aliphatic hydroxyl groups excluding tert-OH is 1. The fourth-order valence-electron chi connectivity index (χ4n) is 4.73. The number of aliphatic hydroxyl groups is 1. The molecule has 170 valence electrons. The molecule has 2 atom stereocenters. The fraction of sp³-hybridized carbons (Fsp3) is 0.440. The summed E-state index contributed by atoms with van der Waals surface area (Å²) in [4.78, 5) is 27.3. The molecule has 7 nitrogen and oxygen atoms in total. The number of nitrogens with zero attached hydrogens (tertiary/aromatic N) is 1. The van der Waals surface area contributed by atoms with Crippen LogP contribution in [0.1, 0.15) is 40.7 Å². The van der Waals surface area contributed by atoms with E-state index < -0.39 is 17.7 Å². The van der Waals surface area contributed by atoms with E-state index in [1.54, 1.807) is 7.11 Å². The number of imide groups is 1. The molecule has 2 aromatic carbocycles. The first kappa shape index (κ1) is 22.1. The summed E-state index contributed by atoms with van der Waals surface area (Å²) in [5.41, 5.74) is 3.82. The molecular weight excluding hydrogens is 408 g/mol. The lowest BCUT2D eigenvalue weighted by atomic mass is 9.76. The summed E-state index contributed by atoms with van der Waals surface area (Å²) in [7, 11) is 1.60. The van der Waals surface area contributed by atoms with E-state index in [1.165, 1.54) is 0 Å². The van der Waals surface area contributed by atoms with E-state index in [2.05, 4.69) is 5.32 Å². The van der Waals surface area contributed by atoms with Crippen molar-refractivity contribution in [1.29, 1.82) is 0 Å². The Balaban J connectivity index is 1.49. The average molecular weight is 439 g/mol. The zero-order valence-corrected chi connectivity index (χ0v) is 19.0. The topological polar surface area (TPSA) is 88.1 Å². The first-order valence-electron chi connectivity index (χ1n) is 11.0. The minimum Gasteiger partial charge on any atom is -0.497 e. The van der Waals surface area contributed by atoms with E-state index in [0.717, 1.165) is 57.1 Å². The highest BCUT2D eigenvalue weighted by Crippen LogP contribution is 2.41. The first-order chi connectivity index (χ1) is 15.3. The van der Waals surface area contributed by atoms with E-state index in [0.29, 0.717) is 6.42 Å². The number of carbonyl (C=O) groups excluding carboxylic acids is 2. The minimum atomic E-state index is -1.08. The summed E-state index contributed by atoms with van der Waals surface area (Å²) in [6, 6.07) is 9.11. The van der Waals surface area contributed by atoms with Gasteiger partial charge in [-0.15, -0.1) is 0 Å². The van der Waals surface area contributed by atoms with E-state index >= 15 is 0 Å². The molecule has 7 heteroatoms. The molecule has 2 aliphatic rings. The lowest BCUT2D eigenvalue weighted by molar-refractivity contribution is -0.133. The van der Waals surface area contributed by atoms with Crippen molar-refractivity contribution >= 4 is 11.9 Å². The zero-order chi connectivity index (χ0) is 23.0. The van der Waals surface area contributed by atoms with E-state index in [9.17, 15) is 14.7 Å². The van der Waals surface area contributed by atoms with Gasteiger partial charge in [0.25, 0.3) is 5.91 Å². The molecule has 32 heavy (non-hydrogen) atoms. The molecular formula is C25H30N2O5. The highest BCUT2D eigenvalue weighted by molar-refractivity contribution is 6.07. The number of rotatable bonds is 6. The normalized spacial score (nSPS) is 20.8. The molecule has 1 fully saturated rings. The molecule has 1 spiro atoms. The third kappa shape index (κ3) is 3.71. The molecule has 0 aromatic heterocycles. The molecule has 1 heterocycles. The molecule has 1 aliphatic carbocycles. The summed E-state index contributed by atoms with van der Waals surface area (Å²) in [5.74, 6) is 1.13. The van der Waals surface area contributed by atoms with Gasteiger partial charge in [-0.05, 0) is 80.0 Å². The summed E-state index contributed by atoms with van der Waals surface area (Å²) in [5, 5.41) is 13.5. The van der Waals surface area contributed by atoms with Crippen LogP contribution >= 0.6 is 0 Å². The summed E-state index contributed by atoms with van der Waals surface area (Å²) < 4.78 is 11.2. The number of hydrogen-bond donors (Lipinski definition) is 2. The molecule has 1 aliphatic heterocycles. The quantitative estimate of drug-likeness (QED) is 0.677. The molecule has 4 rings (SSSR count). The molecule has 0 bridgehead atoms. The Bertz CT molecular complexity index is 1070. The van der Waals surface area contributed by atoms with Crippen molar-refractivity contribution in [3.63, 3.8) is 0 Å². The Morgan fingerprint density at radius 3 is 2.66 bits per heavy atom. The van der Waals surface area contributed by atoms with Crippen LogP contribution in [0.25, 0.3) is 0 Å². The maximum atomic E-state index is 13.4. The largest absolute Gasteiger partial charge is 0.497 e. The number of benzene rings is 2. The van der Waals surface area contributed by atoms with Crippen LogP contribution in [0.3, 0.4) is 0 Å². The molecule has 1 saturated heterocycles. The maximum absolute atomic E-state index is 13.4. The number of fused-ring (bicyclic) bond motifs is 2. The Morgan fingerprint density at radius 2 is 1.91 bits per heavy atom. The van der Waals surface area contributed by atoms with Gasteiger partial charge in [0.1, 0.15) is 29.7 Å². The third-order valence-electron chi connectivity index (χ3n) is 6.63. The molecule has 2 N–H and O–H groups in total. The summed E-state index contributed by atoms with van der Waals surface area (Å²) >= 11 is 0. The van der Waals surface area contributed by atoms with Gasteiger partial charge >= 0.3 is 6.03 Å². The van der Waals surface area contributed by atoms with Crippen LogP contribution in [-0.4, -0.2) is 48.3 Å². The lowest BCUT2D eigenvalue weighted by Crippen LogP contribution is -2.47. The Labute approximate surface area is 188 Å². The minimum absolute atomic E-state index is 0.0109. The van der Waals surface area contributed by atoms with Crippen molar-refractivity contribution in [1.82, 2.24) is 10.2 Å². The smallest absolute Gasteiger partial charge is 0.325 e. The predicted molar refractivity (Wildman–Crippen MR) is 120 cm³/mol. The number of aryl methyl sites for hydroxylation is 3. The van der Waals surface area contributed by atoms with E-state index in [1.807, 2.05) is 51.1 Å². The number of nitrogens with one attached hydrogen (secondary N) is 1. The molecule has 2 aromatic rings. The fourth-order valence-corrected chi connectivity index (χ4v) is 4.73. The van der Waals surface area contributed by atoms with Gasteiger partial charge in [-0.3, -0.25) is 9.69 Å². The van der Waals surface area contributed by atoms with Crippen LogP contribution in [0.2, 0.25) is 0 Å². The summed E-state index contributed by atoms with van der Waals surface area (Å²) in [6.45, 7) is 5.79. The highest BCUT2D eigenvalue weighted by atomic mass is 16.5. The van der Waals surface area contributed by atoms with Crippen LogP contribution in [0.4, 0.5) is 4.79 Å². The van der Waals surface area contributed by atoms with E-state index in [-0.39, 0.29) is 19.1 Å². The van der Waals surface area contributed by atoms with Crippen LogP contribution in [-0.2, 0) is 16.8 Å².